The summed E-state index contributed by atoms with van der Waals surface area (Å²) in [5.74, 6) is -0.657. The van der Waals surface area contributed by atoms with Gasteiger partial charge in [-0.25, -0.2) is 0 Å². The quantitative estimate of drug-likeness (QED) is 0.600. The molecule has 1 unspecified atom stereocenters. The molecule has 0 aromatic heterocycles. The van der Waals surface area contributed by atoms with Crippen molar-refractivity contribution >= 4 is 11.6 Å². The van der Waals surface area contributed by atoms with E-state index in [1.54, 1.807) is 6.07 Å². The van der Waals surface area contributed by atoms with Gasteiger partial charge in [-0.15, -0.1) is 0 Å². The maximum Gasteiger partial charge on any atom is 0.278 e. The highest BCUT2D eigenvalue weighted by atomic mass is 16.6. The van der Waals surface area contributed by atoms with Crippen LogP contribution in [-0.2, 0) is 4.79 Å². The molecule has 7 heteroatoms. The predicted octanol–water partition coefficient (Wildman–Crippen LogP) is 1.12. The lowest BCUT2D eigenvalue weighted by Gasteiger charge is -2.13. The molecular weight excluding hydrogens is 238 g/mol. The average Bonchev–Trinajstić information content (AvgIpc) is 2.74. The van der Waals surface area contributed by atoms with E-state index in [4.69, 9.17) is 5.26 Å². The zero-order valence-electron chi connectivity index (χ0n) is 9.21. The molecule has 0 saturated carbocycles. The minimum absolute atomic E-state index is 0.00454. The molecule has 7 nitrogen and oxygen atoms in total. The van der Waals surface area contributed by atoms with Crippen LogP contribution in [0.1, 0.15) is 30.0 Å². The van der Waals surface area contributed by atoms with Crippen molar-refractivity contribution in [3.8, 4) is 11.8 Å². The summed E-state index contributed by atoms with van der Waals surface area (Å²) in [6.45, 7) is 0. The summed E-state index contributed by atoms with van der Waals surface area (Å²) in [4.78, 5) is 21.4. The van der Waals surface area contributed by atoms with Crippen LogP contribution < -0.4 is 5.32 Å². The normalized spacial score (nSPS) is 18.2. The molecule has 0 bridgehead atoms. The highest BCUT2D eigenvalue weighted by Gasteiger charge is 2.32. The van der Waals surface area contributed by atoms with Gasteiger partial charge in [0.15, 0.2) is 0 Å². The molecule has 92 valence electrons. The summed E-state index contributed by atoms with van der Waals surface area (Å²) < 4.78 is 0. The van der Waals surface area contributed by atoms with Gasteiger partial charge in [0, 0.05) is 12.5 Å². The SMILES string of the molecule is N#Cc1ccc([N+](=O)[O-])c(C2CCC(=O)N2)c1O. The first-order chi connectivity index (χ1) is 8.54. The number of nitro benzene ring substituents is 1. The van der Waals surface area contributed by atoms with Gasteiger partial charge in [0.1, 0.15) is 11.8 Å². The number of hydrogen-bond acceptors (Lipinski definition) is 5. The second-order valence-corrected chi connectivity index (χ2v) is 3.92. The molecule has 1 atom stereocenters. The van der Waals surface area contributed by atoms with E-state index in [9.17, 15) is 20.0 Å². The third-order valence-electron chi connectivity index (χ3n) is 2.85. The number of nitro groups is 1. The maximum atomic E-state index is 11.1. The van der Waals surface area contributed by atoms with Crippen molar-refractivity contribution in [2.45, 2.75) is 18.9 Å². The first kappa shape index (κ1) is 11.9. The largest absolute Gasteiger partial charge is 0.506 e. The Kier molecular flexibility index (Phi) is 2.85. The predicted molar refractivity (Wildman–Crippen MR) is 59.6 cm³/mol. The number of nitriles is 1. The standard InChI is InChI=1S/C11H9N3O4/c12-5-6-1-3-8(14(17)18)10(11(6)16)7-2-4-9(15)13-7/h1,3,7,16H,2,4H2,(H,13,15). The first-order valence-corrected chi connectivity index (χ1v) is 5.24. The molecule has 18 heavy (non-hydrogen) atoms. The van der Waals surface area contributed by atoms with Crippen molar-refractivity contribution in [3.05, 3.63) is 33.4 Å². The van der Waals surface area contributed by atoms with Gasteiger partial charge in [0.25, 0.3) is 5.69 Å². The van der Waals surface area contributed by atoms with Crippen LogP contribution in [0.2, 0.25) is 0 Å². The molecule has 2 rings (SSSR count). The number of carbonyl (C=O) groups is 1. The summed E-state index contributed by atoms with van der Waals surface area (Å²) in [6, 6.07) is 3.48. The van der Waals surface area contributed by atoms with Gasteiger partial charge in [0.05, 0.1) is 22.1 Å². The highest BCUT2D eigenvalue weighted by Crippen LogP contribution is 2.39. The molecule has 1 aromatic rings. The van der Waals surface area contributed by atoms with E-state index in [1.165, 1.54) is 6.07 Å². The summed E-state index contributed by atoms with van der Waals surface area (Å²) in [7, 11) is 0. The Morgan fingerprint density at radius 1 is 1.56 bits per heavy atom. The molecule has 2 N–H and O–H groups in total. The van der Waals surface area contributed by atoms with Gasteiger partial charge in [-0.05, 0) is 12.5 Å². The molecule has 1 fully saturated rings. The minimum Gasteiger partial charge on any atom is -0.506 e. The van der Waals surface area contributed by atoms with Crippen LogP contribution in [0.25, 0.3) is 0 Å². The Hall–Kier alpha value is -2.62. The highest BCUT2D eigenvalue weighted by molar-refractivity contribution is 5.79. The number of phenolic OH excluding ortho intramolecular Hbond substituents is 1. The van der Waals surface area contributed by atoms with E-state index in [0.29, 0.717) is 6.42 Å². The molecule has 1 heterocycles. The number of aromatic hydroxyl groups is 1. The molecule has 1 aromatic carbocycles. The van der Waals surface area contributed by atoms with Crippen molar-refractivity contribution < 1.29 is 14.8 Å². The van der Waals surface area contributed by atoms with E-state index in [0.717, 1.165) is 6.07 Å². The number of carbonyl (C=O) groups excluding carboxylic acids is 1. The van der Waals surface area contributed by atoms with Gasteiger partial charge < -0.3 is 10.4 Å². The molecule has 1 aliphatic heterocycles. The van der Waals surface area contributed by atoms with Crippen molar-refractivity contribution in [1.82, 2.24) is 5.32 Å². The Morgan fingerprint density at radius 2 is 2.28 bits per heavy atom. The number of nitrogens with zero attached hydrogens (tertiary/aromatic N) is 2. The summed E-state index contributed by atoms with van der Waals surface area (Å²) in [6.07, 6.45) is 0.611. The van der Waals surface area contributed by atoms with Crippen LogP contribution in [0.15, 0.2) is 12.1 Å². The third kappa shape index (κ3) is 1.84. The van der Waals surface area contributed by atoms with E-state index < -0.39 is 16.7 Å². The maximum absolute atomic E-state index is 11.1. The summed E-state index contributed by atoms with van der Waals surface area (Å²) in [5, 5.41) is 32.1. The van der Waals surface area contributed by atoms with Crippen LogP contribution in [0.5, 0.6) is 5.75 Å². The topological polar surface area (TPSA) is 116 Å². The van der Waals surface area contributed by atoms with E-state index in [-0.39, 0.29) is 29.1 Å². The number of amides is 1. The van der Waals surface area contributed by atoms with Gasteiger partial charge >= 0.3 is 0 Å². The number of benzene rings is 1. The Morgan fingerprint density at radius 3 is 2.78 bits per heavy atom. The zero-order chi connectivity index (χ0) is 13.3. The van der Waals surface area contributed by atoms with E-state index in [1.807, 2.05) is 0 Å². The first-order valence-electron chi connectivity index (χ1n) is 5.24. The lowest BCUT2D eigenvalue weighted by molar-refractivity contribution is -0.385. The van der Waals surface area contributed by atoms with Gasteiger partial charge in [-0.1, -0.05) is 0 Å². The zero-order valence-corrected chi connectivity index (χ0v) is 9.21. The fraction of sp³-hybridized carbons (Fsp3) is 0.273. The monoisotopic (exact) mass is 247 g/mol. The Bertz CT molecular complexity index is 576. The second-order valence-electron chi connectivity index (χ2n) is 3.92. The fourth-order valence-corrected chi connectivity index (χ4v) is 2.02. The van der Waals surface area contributed by atoms with Crippen LogP contribution >= 0.6 is 0 Å². The lowest BCUT2D eigenvalue weighted by Crippen LogP contribution is -2.19. The molecule has 1 saturated heterocycles. The van der Waals surface area contributed by atoms with Gasteiger partial charge in [-0.3, -0.25) is 14.9 Å². The van der Waals surface area contributed by atoms with Crippen LogP contribution in [-0.4, -0.2) is 15.9 Å². The van der Waals surface area contributed by atoms with E-state index >= 15 is 0 Å². The van der Waals surface area contributed by atoms with Gasteiger partial charge in [-0.2, -0.15) is 5.26 Å². The molecular formula is C11H9N3O4. The average molecular weight is 247 g/mol. The Labute approximate surface area is 102 Å². The molecule has 1 amide bonds. The smallest absolute Gasteiger partial charge is 0.278 e. The Balaban J connectivity index is 2.58. The van der Waals surface area contributed by atoms with Gasteiger partial charge in [0.2, 0.25) is 5.91 Å². The number of hydrogen-bond donors (Lipinski definition) is 2. The molecule has 0 spiro atoms. The number of nitrogens with one attached hydrogen (secondary N) is 1. The second kappa shape index (κ2) is 4.33. The number of phenols is 1. The van der Waals surface area contributed by atoms with Crippen molar-refractivity contribution in [2.75, 3.05) is 0 Å². The molecule has 1 aliphatic rings. The van der Waals surface area contributed by atoms with Crippen molar-refractivity contribution in [1.29, 1.82) is 5.26 Å². The third-order valence-corrected chi connectivity index (χ3v) is 2.85. The van der Waals surface area contributed by atoms with Crippen LogP contribution in [0.4, 0.5) is 5.69 Å². The van der Waals surface area contributed by atoms with E-state index in [2.05, 4.69) is 5.32 Å². The summed E-state index contributed by atoms with van der Waals surface area (Å²) in [5.41, 5.74) is -0.333. The molecule has 0 radical (unpaired) electrons. The fourth-order valence-electron chi connectivity index (χ4n) is 2.02. The summed E-state index contributed by atoms with van der Waals surface area (Å²) >= 11 is 0. The van der Waals surface area contributed by atoms with Crippen LogP contribution in [0, 0.1) is 21.4 Å². The number of rotatable bonds is 2. The minimum atomic E-state index is -0.638. The van der Waals surface area contributed by atoms with Crippen molar-refractivity contribution in [3.63, 3.8) is 0 Å². The lowest BCUT2D eigenvalue weighted by atomic mass is 9.99. The molecule has 0 aliphatic carbocycles. The van der Waals surface area contributed by atoms with Crippen molar-refractivity contribution in [2.24, 2.45) is 0 Å². The van der Waals surface area contributed by atoms with Crippen LogP contribution in [0.3, 0.4) is 0 Å².